The van der Waals surface area contributed by atoms with Crippen molar-refractivity contribution in [2.45, 2.75) is 44.7 Å². The van der Waals surface area contributed by atoms with E-state index in [4.69, 9.17) is 0 Å². The third-order valence-electron chi connectivity index (χ3n) is 4.96. The smallest absolute Gasteiger partial charge is 0.251 e. The Kier molecular flexibility index (Phi) is 3.95. The molecule has 2 heterocycles. The van der Waals surface area contributed by atoms with Crippen LogP contribution in [0.5, 0.6) is 0 Å². The van der Waals surface area contributed by atoms with Crippen LogP contribution in [0, 0.1) is 5.92 Å². The van der Waals surface area contributed by atoms with E-state index in [1.807, 2.05) is 38.2 Å². The van der Waals surface area contributed by atoms with Gasteiger partial charge in [-0.05, 0) is 68.3 Å². The van der Waals surface area contributed by atoms with Crippen LogP contribution in [0.1, 0.15) is 60.0 Å². The van der Waals surface area contributed by atoms with Crippen molar-refractivity contribution in [3.63, 3.8) is 0 Å². The molecule has 2 aromatic rings. The predicted molar refractivity (Wildman–Crippen MR) is 104 cm³/mol. The van der Waals surface area contributed by atoms with Crippen LogP contribution in [0.4, 0.5) is 5.69 Å². The molecule has 25 heavy (non-hydrogen) atoms. The molecule has 3 unspecified atom stereocenters. The highest BCUT2D eigenvalue weighted by atomic mass is 32.1. The average Bonchev–Trinajstić information content (AvgIpc) is 3.23. The normalized spacial score (nSPS) is 24.4. The first-order chi connectivity index (χ1) is 11.9. The third-order valence-corrected chi connectivity index (χ3v) is 5.92. The molecule has 0 fully saturated rings. The summed E-state index contributed by atoms with van der Waals surface area (Å²) in [5.41, 5.74) is 2.90. The minimum absolute atomic E-state index is 0.00536. The largest absolute Gasteiger partial charge is 0.377 e. The molecule has 0 radical (unpaired) electrons. The number of fused-ring (bicyclic) bond motifs is 3. The fraction of sp³-hybridized carbons (Fsp3) is 0.381. The Morgan fingerprint density at radius 2 is 2.12 bits per heavy atom. The maximum atomic E-state index is 12.5. The number of carbonyl (C=O) groups is 1. The lowest BCUT2D eigenvalue weighted by atomic mass is 9.78. The second kappa shape index (κ2) is 6.03. The highest BCUT2D eigenvalue weighted by Gasteiger charge is 2.38. The standard InChI is InChI=1S/C21H24N2OS/c1-21(2,3)23-20(24)13-9-10-17-16(12-13)14-6-4-7-15(14)19(22-17)18-8-5-11-25-18/h4-6,8-12,14-15,19,22H,7H2,1-3H3,(H,23,24). The van der Waals surface area contributed by atoms with E-state index < -0.39 is 0 Å². The second-order valence-electron chi connectivity index (χ2n) is 8.00. The number of allylic oxidation sites excluding steroid dienone is 2. The zero-order chi connectivity index (χ0) is 17.6. The van der Waals surface area contributed by atoms with E-state index in [1.54, 1.807) is 0 Å². The molecule has 130 valence electrons. The molecule has 4 heteroatoms. The molecule has 0 spiro atoms. The molecule has 3 nitrogen and oxygen atoms in total. The Hall–Kier alpha value is -2.07. The number of amides is 1. The van der Waals surface area contributed by atoms with Gasteiger partial charge in [-0.3, -0.25) is 4.79 Å². The summed E-state index contributed by atoms with van der Waals surface area (Å²) in [6.45, 7) is 6.02. The van der Waals surface area contributed by atoms with Crippen LogP contribution in [0.3, 0.4) is 0 Å². The van der Waals surface area contributed by atoms with E-state index in [0.717, 1.165) is 17.7 Å². The minimum atomic E-state index is -0.231. The lowest BCUT2D eigenvalue weighted by Gasteiger charge is -2.37. The van der Waals surface area contributed by atoms with Gasteiger partial charge in [-0.25, -0.2) is 0 Å². The van der Waals surface area contributed by atoms with Crippen LogP contribution >= 0.6 is 11.3 Å². The first-order valence-corrected chi connectivity index (χ1v) is 9.73. The van der Waals surface area contributed by atoms with Crippen molar-refractivity contribution in [1.82, 2.24) is 5.32 Å². The van der Waals surface area contributed by atoms with Crippen molar-refractivity contribution in [2.24, 2.45) is 5.92 Å². The van der Waals surface area contributed by atoms with Gasteiger partial charge in [-0.1, -0.05) is 18.2 Å². The van der Waals surface area contributed by atoms with Crippen LogP contribution in [-0.2, 0) is 0 Å². The summed E-state index contributed by atoms with van der Waals surface area (Å²) in [5.74, 6) is 0.895. The SMILES string of the molecule is CC(C)(C)NC(=O)c1ccc2c(c1)C1C=CCC1C(c1cccs1)N2. The maximum absolute atomic E-state index is 12.5. The van der Waals surface area contributed by atoms with E-state index in [-0.39, 0.29) is 11.4 Å². The Morgan fingerprint density at radius 3 is 2.84 bits per heavy atom. The van der Waals surface area contributed by atoms with E-state index in [1.165, 1.54) is 10.4 Å². The molecule has 2 N–H and O–H groups in total. The Morgan fingerprint density at radius 1 is 1.28 bits per heavy atom. The predicted octanol–water partition coefficient (Wildman–Crippen LogP) is 5.10. The highest BCUT2D eigenvalue weighted by Crippen LogP contribution is 2.50. The Bertz CT molecular complexity index is 817. The molecule has 1 aliphatic carbocycles. The number of anilines is 1. The molecule has 2 aliphatic rings. The second-order valence-corrected chi connectivity index (χ2v) is 8.98. The van der Waals surface area contributed by atoms with Crippen molar-refractivity contribution in [2.75, 3.05) is 5.32 Å². The quantitative estimate of drug-likeness (QED) is 0.738. The molecule has 0 bridgehead atoms. The monoisotopic (exact) mass is 352 g/mol. The minimum Gasteiger partial charge on any atom is -0.377 e. The van der Waals surface area contributed by atoms with E-state index in [2.05, 4.69) is 52.4 Å². The van der Waals surface area contributed by atoms with Crippen LogP contribution in [0.25, 0.3) is 0 Å². The highest BCUT2D eigenvalue weighted by molar-refractivity contribution is 7.10. The van der Waals surface area contributed by atoms with Crippen LogP contribution in [0.15, 0.2) is 47.9 Å². The Labute approximate surface area is 153 Å². The van der Waals surface area contributed by atoms with Crippen molar-refractivity contribution in [1.29, 1.82) is 0 Å². The molecular weight excluding hydrogens is 328 g/mol. The average molecular weight is 353 g/mol. The molecular formula is C21H24N2OS. The molecule has 0 saturated carbocycles. The zero-order valence-corrected chi connectivity index (χ0v) is 15.7. The number of hydrogen-bond donors (Lipinski definition) is 2. The summed E-state index contributed by atoms with van der Waals surface area (Å²) in [5, 5.41) is 8.92. The number of thiophene rings is 1. The number of hydrogen-bond acceptors (Lipinski definition) is 3. The molecule has 4 rings (SSSR count). The number of carbonyl (C=O) groups excluding carboxylic acids is 1. The van der Waals surface area contributed by atoms with Crippen molar-refractivity contribution in [3.05, 3.63) is 63.9 Å². The van der Waals surface area contributed by atoms with E-state index >= 15 is 0 Å². The fourth-order valence-electron chi connectivity index (χ4n) is 3.90. The van der Waals surface area contributed by atoms with Gasteiger partial charge in [-0.2, -0.15) is 0 Å². The number of rotatable bonds is 2. The summed E-state index contributed by atoms with van der Waals surface area (Å²) in [4.78, 5) is 13.9. The first-order valence-electron chi connectivity index (χ1n) is 8.85. The van der Waals surface area contributed by atoms with E-state index in [0.29, 0.717) is 17.9 Å². The molecule has 1 aromatic carbocycles. The van der Waals surface area contributed by atoms with Gasteiger partial charge in [-0.15, -0.1) is 11.3 Å². The maximum Gasteiger partial charge on any atom is 0.251 e. The van der Waals surface area contributed by atoms with E-state index in [9.17, 15) is 4.79 Å². The van der Waals surface area contributed by atoms with Gasteiger partial charge in [0.25, 0.3) is 5.91 Å². The first kappa shape index (κ1) is 16.4. The third kappa shape index (κ3) is 3.11. The van der Waals surface area contributed by atoms with Gasteiger partial charge in [0.1, 0.15) is 0 Å². The molecule has 1 amide bonds. The molecule has 1 aromatic heterocycles. The van der Waals surface area contributed by atoms with Gasteiger partial charge < -0.3 is 10.6 Å². The topological polar surface area (TPSA) is 41.1 Å². The van der Waals surface area contributed by atoms with Crippen molar-refractivity contribution < 1.29 is 4.79 Å². The Balaban J connectivity index is 1.68. The lowest BCUT2D eigenvalue weighted by molar-refractivity contribution is 0.0919. The fourth-order valence-corrected chi connectivity index (χ4v) is 4.75. The summed E-state index contributed by atoms with van der Waals surface area (Å²) in [7, 11) is 0. The summed E-state index contributed by atoms with van der Waals surface area (Å²) in [6, 6.07) is 10.7. The van der Waals surface area contributed by atoms with Gasteiger partial charge in [0.15, 0.2) is 0 Å². The van der Waals surface area contributed by atoms with Crippen LogP contribution in [-0.4, -0.2) is 11.4 Å². The van der Waals surface area contributed by atoms with Crippen molar-refractivity contribution >= 4 is 22.9 Å². The number of benzene rings is 1. The number of nitrogens with one attached hydrogen (secondary N) is 2. The van der Waals surface area contributed by atoms with Gasteiger partial charge >= 0.3 is 0 Å². The summed E-state index contributed by atoms with van der Waals surface area (Å²) < 4.78 is 0. The summed E-state index contributed by atoms with van der Waals surface area (Å²) >= 11 is 1.81. The van der Waals surface area contributed by atoms with Gasteiger partial charge in [0.05, 0.1) is 6.04 Å². The summed E-state index contributed by atoms with van der Waals surface area (Å²) in [6.07, 6.45) is 5.68. The van der Waals surface area contributed by atoms with Crippen LogP contribution in [0.2, 0.25) is 0 Å². The molecule has 0 saturated heterocycles. The van der Waals surface area contributed by atoms with Gasteiger partial charge in [0, 0.05) is 27.6 Å². The van der Waals surface area contributed by atoms with Gasteiger partial charge in [0.2, 0.25) is 0 Å². The van der Waals surface area contributed by atoms with Crippen LogP contribution < -0.4 is 10.6 Å². The molecule has 1 aliphatic heterocycles. The lowest BCUT2D eigenvalue weighted by Crippen LogP contribution is -2.40. The van der Waals surface area contributed by atoms with Crippen molar-refractivity contribution in [3.8, 4) is 0 Å². The zero-order valence-electron chi connectivity index (χ0n) is 14.9. The molecule has 3 atom stereocenters.